The van der Waals surface area contributed by atoms with Crippen LogP contribution < -0.4 is 5.32 Å². The van der Waals surface area contributed by atoms with E-state index in [1.807, 2.05) is 12.1 Å². The minimum Gasteiger partial charge on any atom is -0.356 e. The van der Waals surface area contributed by atoms with Crippen LogP contribution in [-0.2, 0) is 11.2 Å². The van der Waals surface area contributed by atoms with Gasteiger partial charge in [0, 0.05) is 42.7 Å². The summed E-state index contributed by atoms with van der Waals surface area (Å²) < 4.78 is 0. The molecule has 0 bridgehead atoms. The number of rotatable bonds is 8. The maximum Gasteiger partial charge on any atom is 0.220 e. The highest BCUT2D eigenvalue weighted by atomic mass is 32.1. The molecule has 1 unspecified atom stereocenters. The Morgan fingerprint density at radius 2 is 1.93 bits per heavy atom. The Morgan fingerprint density at radius 3 is 2.64 bits per heavy atom. The number of amides is 1. The molecule has 2 heterocycles. The number of hydrogen-bond acceptors (Lipinski definition) is 4. The summed E-state index contributed by atoms with van der Waals surface area (Å²) in [7, 11) is 0. The topological polar surface area (TPSA) is 54.9 Å². The van der Waals surface area contributed by atoms with Gasteiger partial charge in [-0.15, -0.1) is 11.3 Å². The molecule has 28 heavy (non-hydrogen) atoms. The fourth-order valence-electron chi connectivity index (χ4n) is 3.52. The molecule has 1 saturated carbocycles. The summed E-state index contributed by atoms with van der Waals surface area (Å²) in [5, 5.41) is 6.16. The molecule has 1 N–H and O–H groups in total. The predicted molar refractivity (Wildman–Crippen MR) is 113 cm³/mol. The molecule has 0 saturated heterocycles. The summed E-state index contributed by atoms with van der Waals surface area (Å²) in [6.45, 7) is 2.73. The van der Waals surface area contributed by atoms with E-state index in [1.54, 1.807) is 23.7 Å². The first kappa shape index (κ1) is 18.8. The predicted octanol–water partition coefficient (Wildman–Crippen LogP) is 4.76. The van der Waals surface area contributed by atoms with Crippen molar-refractivity contribution in [1.29, 1.82) is 0 Å². The second-order valence-corrected chi connectivity index (χ2v) is 8.40. The summed E-state index contributed by atoms with van der Waals surface area (Å²) in [6, 6.07) is 12.6. The number of thiazole rings is 1. The van der Waals surface area contributed by atoms with Gasteiger partial charge in [0.15, 0.2) is 0 Å². The number of carbonyl (C=O) groups is 1. The van der Waals surface area contributed by atoms with Crippen LogP contribution in [0.4, 0.5) is 0 Å². The van der Waals surface area contributed by atoms with Gasteiger partial charge in [0.05, 0.1) is 5.69 Å². The van der Waals surface area contributed by atoms with Crippen molar-refractivity contribution in [3.05, 3.63) is 71.0 Å². The van der Waals surface area contributed by atoms with Crippen LogP contribution in [0.5, 0.6) is 0 Å². The molecule has 1 atom stereocenters. The zero-order valence-corrected chi connectivity index (χ0v) is 16.9. The van der Waals surface area contributed by atoms with Crippen LogP contribution in [0.1, 0.15) is 42.0 Å². The van der Waals surface area contributed by atoms with Crippen LogP contribution in [0.2, 0.25) is 0 Å². The van der Waals surface area contributed by atoms with E-state index in [0.717, 1.165) is 22.7 Å². The van der Waals surface area contributed by atoms with Gasteiger partial charge in [-0.25, -0.2) is 4.98 Å². The Morgan fingerprint density at radius 1 is 1.18 bits per heavy atom. The SMILES string of the molecule is Cc1ccc(C(CC(=O)NCCc2csc(-c3ccncc3)n2)C2CC2)cc1. The van der Waals surface area contributed by atoms with Gasteiger partial charge < -0.3 is 5.32 Å². The lowest BCUT2D eigenvalue weighted by Gasteiger charge is -2.17. The van der Waals surface area contributed by atoms with E-state index < -0.39 is 0 Å². The van der Waals surface area contributed by atoms with E-state index in [0.29, 0.717) is 24.8 Å². The van der Waals surface area contributed by atoms with Gasteiger partial charge in [-0.05, 0) is 49.3 Å². The van der Waals surface area contributed by atoms with E-state index in [1.165, 1.54) is 24.0 Å². The van der Waals surface area contributed by atoms with Crippen molar-refractivity contribution in [3.63, 3.8) is 0 Å². The molecule has 1 aliphatic carbocycles. The molecule has 0 spiro atoms. The number of carbonyl (C=O) groups excluding carboxylic acids is 1. The first-order chi connectivity index (χ1) is 13.7. The van der Waals surface area contributed by atoms with E-state index >= 15 is 0 Å². The maximum absolute atomic E-state index is 12.5. The Labute approximate surface area is 170 Å². The molecular weight excluding hydrogens is 366 g/mol. The highest BCUT2D eigenvalue weighted by molar-refractivity contribution is 7.13. The van der Waals surface area contributed by atoms with Gasteiger partial charge in [-0.2, -0.15) is 0 Å². The fourth-order valence-corrected chi connectivity index (χ4v) is 4.38. The van der Waals surface area contributed by atoms with Gasteiger partial charge in [0.2, 0.25) is 5.91 Å². The van der Waals surface area contributed by atoms with Crippen molar-refractivity contribution >= 4 is 17.2 Å². The standard InChI is InChI=1S/C23H25N3OS/c1-16-2-4-17(5-3-16)21(18-6-7-18)14-22(27)25-13-10-20-15-28-23(26-20)19-8-11-24-12-9-19/h2-5,8-9,11-12,15,18,21H,6-7,10,13-14H2,1H3,(H,25,27). The molecule has 1 aromatic carbocycles. The molecule has 1 aliphatic rings. The van der Waals surface area contributed by atoms with E-state index in [4.69, 9.17) is 0 Å². The second kappa shape index (κ2) is 8.65. The van der Waals surface area contributed by atoms with Gasteiger partial charge in [-0.1, -0.05) is 29.8 Å². The van der Waals surface area contributed by atoms with Crippen molar-refractivity contribution in [2.75, 3.05) is 6.54 Å². The third-order valence-electron chi connectivity index (χ3n) is 5.28. The highest BCUT2D eigenvalue weighted by Crippen LogP contribution is 2.44. The Balaban J connectivity index is 1.28. The van der Waals surface area contributed by atoms with Crippen LogP contribution in [0.15, 0.2) is 54.2 Å². The number of benzene rings is 1. The van der Waals surface area contributed by atoms with Crippen molar-refractivity contribution in [3.8, 4) is 10.6 Å². The zero-order chi connectivity index (χ0) is 19.3. The largest absolute Gasteiger partial charge is 0.356 e. The van der Waals surface area contributed by atoms with E-state index in [-0.39, 0.29) is 5.91 Å². The third kappa shape index (κ3) is 4.84. The Kier molecular flexibility index (Phi) is 5.81. The number of pyridine rings is 1. The summed E-state index contributed by atoms with van der Waals surface area (Å²) in [5.41, 5.74) is 4.66. The Hall–Kier alpha value is -2.53. The van der Waals surface area contributed by atoms with Crippen LogP contribution in [0.3, 0.4) is 0 Å². The molecule has 3 aromatic rings. The molecule has 144 valence electrons. The number of nitrogens with one attached hydrogen (secondary N) is 1. The molecule has 1 fully saturated rings. The second-order valence-electron chi connectivity index (χ2n) is 7.54. The molecular formula is C23H25N3OS. The lowest BCUT2D eigenvalue weighted by atomic mass is 9.90. The van der Waals surface area contributed by atoms with Crippen molar-refractivity contribution in [2.45, 2.75) is 38.5 Å². The van der Waals surface area contributed by atoms with Crippen LogP contribution in [0, 0.1) is 12.8 Å². The van der Waals surface area contributed by atoms with Crippen LogP contribution in [0.25, 0.3) is 10.6 Å². The molecule has 4 rings (SSSR count). The van der Waals surface area contributed by atoms with Crippen molar-refractivity contribution in [1.82, 2.24) is 15.3 Å². The minimum atomic E-state index is 0.141. The average Bonchev–Trinajstić information content (AvgIpc) is 3.45. The van der Waals surface area contributed by atoms with Crippen molar-refractivity contribution in [2.24, 2.45) is 5.92 Å². The zero-order valence-electron chi connectivity index (χ0n) is 16.1. The summed E-state index contributed by atoms with van der Waals surface area (Å²) in [6.07, 6.45) is 7.37. The first-order valence-corrected chi connectivity index (χ1v) is 10.7. The Bertz CT molecular complexity index is 917. The first-order valence-electron chi connectivity index (χ1n) is 9.87. The number of aryl methyl sites for hydroxylation is 1. The molecule has 0 radical (unpaired) electrons. The summed E-state index contributed by atoms with van der Waals surface area (Å²) in [4.78, 5) is 21.2. The third-order valence-corrected chi connectivity index (χ3v) is 6.22. The quantitative estimate of drug-likeness (QED) is 0.602. The molecule has 4 nitrogen and oxygen atoms in total. The lowest BCUT2D eigenvalue weighted by Crippen LogP contribution is -2.27. The van der Waals surface area contributed by atoms with E-state index in [9.17, 15) is 4.79 Å². The average molecular weight is 392 g/mol. The summed E-state index contributed by atoms with van der Waals surface area (Å²) in [5.74, 6) is 1.15. The lowest BCUT2D eigenvalue weighted by molar-refractivity contribution is -0.121. The minimum absolute atomic E-state index is 0.141. The monoisotopic (exact) mass is 391 g/mol. The van der Waals surface area contributed by atoms with Crippen LogP contribution in [-0.4, -0.2) is 22.4 Å². The molecule has 1 amide bonds. The van der Waals surface area contributed by atoms with Gasteiger partial charge in [0.1, 0.15) is 5.01 Å². The normalized spacial score (nSPS) is 14.6. The summed E-state index contributed by atoms with van der Waals surface area (Å²) >= 11 is 1.63. The van der Waals surface area contributed by atoms with E-state index in [2.05, 4.69) is 51.9 Å². The van der Waals surface area contributed by atoms with Gasteiger partial charge in [-0.3, -0.25) is 9.78 Å². The maximum atomic E-state index is 12.5. The smallest absolute Gasteiger partial charge is 0.220 e. The van der Waals surface area contributed by atoms with Crippen LogP contribution >= 0.6 is 11.3 Å². The molecule has 2 aromatic heterocycles. The van der Waals surface area contributed by atoms with Gasteiger partial charge in [0.25, 0.3) is 0 Å². The fraction of sp³-hybridized carbons (Fsp3) is 0.348. The number of aromatic nitrogens is 2. The highest BCUT2D eigenvalue weighted by Gasteiger charge is 2.33. The number of hydrogen-bond donors (Lipinski definition) is 1. The molecule has 0 aliphatic heterocycles. The number of nitrogens with zero attached hydrogens (tertiary/aromatic N) is 2. The van der Waals surface area contributed by atoms with Crippen molar-refractivity contribution < 1.29 is 4.79 Å². The van der Waals surface area contributed by atoms with Gasteiger partial charge >= 0.3 is 0 Å². The molecule has 5 heteroatoms.